The van der Waals surface area contributed by atoms with E-state index in [0.717, 1.165) is 19.3 Å². The molecule has 2 aliphatic carbocycles. The lowest BCUT2D eigenvalue weighted by Crippen LogP contribution is -2.45. The number of rotatable bonds is 0. The van der Waals surface area contributed by atoms with Gasteiger partial charge in [-0.3, -0.25) is 9.59 Å². The molecular formula is C11H16O2. The number of hydrogen-bond donors (Lipinski definition) is 0. The maximum Gasteiger partial charge on any atom is 0.146 e. The van der Waals surface area contributed by atoms with Gasteiger partial charge in [-0.15, -0.1) is 0 Å². The molecule has 2 fully saturated rings. The molecule has 2 heteroatoms. The Kier molecular flexibility index (Phi) is 2.01. The first kappa shape index (κ1) is 8.92. The highest BCUT2D eigenvalue weighted by Gasteiger charge is 2.45. The highest BCUT2D eigenvalue weighted by molar-refractivity contribution is 6.06. The summed E-state index contributed by atoms with van der Waals surface area (Å²) in [5.74, 6) is 1.08. The van der Waals surface area contributed by atoms with Gasteiger partial charge in [-0.1, -0.05) is 13.8 Å². The van der Waals surface area contributed by atoms with Crippen molar-refractivity contribution < 1.29 is 9.59 Å². The van der Waals surface area contributed by atoms with Crippen molar-refractivity contribution in [2.75, 3.05) is 0 Å². The van der Waals surface area contributed by atoms with Crippen LogP contribution < -0.4 is 0 Å². The van der Waals surface area contributed by atoms with E-state index in [9.17, 15) is 9.59 Å². The van der Waals surface area contributed by atoms with Crippen LogP contribution in [0.25, 0.3) is 0 Å². The molecule has 0 heterocycles. The first-order chi connectivity index (χ1) is 6.09. The van der Waals surface area contributed by atoms with Gasteiger partial charge in [-0.25, -0.2) is 0 Å². The van der Waals surface area contributed by atoms with Crippen molar-refractivity contribution in [3.05, 3.63) is 0 Å². The van der Waals surface area contributed by atoms with Crippen molar-refractivity contribution in [3.8, 4) is 0 Å². The number of carbonyl (C=O) groups excluding carboxylic acids is 2. The van der Waals surface area contributed by atoms with Crippen molar-refractivity contribution >= 4 is 11.6 Å². The predicted molar refractivity (Wildman–Crippen MR) is 49.2 cm³/mol. The second-order valence-electron chi connectivity index (χ2n) is 4.77. The summed E-state index contributed by atoms with van der Waals surface area (Å²) >= 11 is 0. The molecule has 0 aliphatic heterocycles. The molecule has 2 nitrogen and oxygen atoms in total. The Morgan fingerprint density at radius 1 is 1.00 bits per heavy atom. The van der Waals surface area contributed by atoms with Crippen molar-refractivity contribution in [3.63, 3.8) is 0 Å². The standard InChI is InChI=1S/C11H16O2/c1-6-3-8-5-7(2)10(12)9(4-6)11(8)13/h6-9H,3-5H2,1-2H3/t6-,7+,8+,9-/m1/s1. The van der Waals surface area contributed by atoms with Crippen molar-refractivity contribution in [2.24, 2.45) is 23.7 Å². The molecule has 2 rings (SSSR count). The fourth-order valence-electron chi connectivity index (χ4n) is 2.86. The summed E-state index contributed by atoms with van der Waals surface area (Å²) in [4.78, 5) is 23.4. The van der Waals surface area contributed by atoms with Gasteiger partial charge in [0.25, 0.3) is 0 Å². The Morgan fingerprint density at radius 3 is 2.38 bits per heavy atom. The highest BCUT2D eigenvalue weighted by atomic mass is 16.2. The molecule has 0 aromatic heterocycles. The van der Waals surface area contributed by atoms with E-state index < -0.39 is 0 Å². The summed E-state index contributed by atoms with van der Waals surface area (Å²) in [7, 11) is 0. The fourth-order valence-corrected chi connectivity index (χ4v) is 2.86. The minimum absolute atomic E-state index is 0.125. The average molecular weight is 180 g/mol. The summed E-state index contributed by atoms with van der Waals surface area (Å²) in [6.45, 7) is 4.11. The van der Waals surface area contributed by atoms with Gasteiger partial charge in [0.05, 0.1) is 5.92 Å². The number of carbonyl (C=O) groups is 2. The smallest absolute Gasteiger partial charge is 0.146 e. The highest BCUT2D eigenvalue weighted by Crippen LogP contribution is 2.40. The van der Waals surface area contributed by atoms with Crippen molar-refractivity contribution in [1.29, 1.82) is 0 Å². The van der Waals surface area contributed by atoms with E-state index in [1.165, 1.54) is 0 Å². The van der Waals surface area contributed by atoms with Gasteiger partial charge < -0.3 is 0 Å². The maximum atomic E-state index is 11.7. The molecule has 0 aromatic carbocycles. The lowest BCUT2D eigenvalue weighted by atomic mass is 9.64. The first-order valence-electron chi connectivity index (χ1n) is 5.17. The molecule has 2 saturated carbocycles. The van der Waals surface area contributed by atoms with Crippen LogP contribution in [0, 0.1) is 23.7 Å². The fraction of sp³-hybridized carbons (Fsp3) is 0.818. The topological polar surface area (TPSA) is 34.1 Å². The van der Waals surface area contributed by atoms with Crippen LogP contribution in [0.15, 0.2) is 0 Å². The molecule has 0 radical (unpaired) electrons. The molecular weight excluding hydrogens is 164 g/mol. The molecule has 4 atom stereocenters. The second-order valence-corrected chi connectivity index (χ2v) is 4.77. The van der Waals surface area contributed by atoms with Gasteiger partial charge in [-0.2, -0.15) is 0 Å². The molecule has 0 N–H and O–H groups in total. The van der Waals surface area contributed by atoms with Gasteiger partial charge >= 0.3 is 0 Å². The van der Waals surface area contributed by atoms with Crippen molar-refractivity contribution in [2.45, 2.75) is 33.1 Å². The number of hydrogen-bond acceptors (Lipinski definition) is 2. The molecule has 0 aromatic rings. The third kappa shape index (κ3) is 1.32. The van der Waals surface area contributed by atoms with Gasteiger partial charge in [0, 0.05) is 11.8 Å². The van der Waals surface area contributed by atoms with Gasteiger partial charge in [-0.05, 0) is 25.2 Å². The van der Waals surface area contributed by atoms with E-state index >= 15 is 0 Å². The zero-order chi connectivity index (χ0) is 9.59. The Balaban J connectivity index is 2.25. The van der Waals surface area contributed by atoms with E-state index in [1.807, 2.05) is 6.92 Å². The lowest BCUT2D eigenvalue weighted by molar-refractivity contribution is -0.145. The van der Waals surface area contributed by atoms with Crippen LogP contribution in [0.3, 0.4) is 0 Å². The summed E-state index contributed by atoms with van der Waals surface area (Å²) in [6.07, 6.45) is 2.62. The predicted octanol–water partition coefficient (Wildman–Crippen LogP) is 1.83. The largest absolute Gasteiger partial charge is 0.299 e. The van der Waals surface area contributed by atoms with E-state index in [2.05, 4.69) is 6.92 Å². The third-order valence-corrected chi connectivity index (χ3v) is 3.54. The number of ketones is 2. The molecule has 2 aliphatic rings. The van der Waals surface area contributed by atoms with Gasteiger partial charge in [0.1, 0.15) is 11.6 Å². The Labute approximate surface area is 78.7 Å². The number of fused-ring (bicyclic) bond motifs is 2. The molecule has 0 saturated heterocycles. The van der Waals surface area contributed by atoms with Gasteiger partial charge in [0.2, 0.25) is 0 Å². The molecule has 0 spiro atoms. The number of Topliss-reactive ketones (excluding diaryl/α,β-unsaturated/α-hetero) is 2. The van der Waals surface area contributed by atoms with E-state index in [1.54, 1.807) is 0 Å². The van der Waals surface area contributed by atoms with E-state index in [4.69, 9.17) is 0 Å². The van der Waals surface area contributed by atoms with Crippen LogP contribution in [0.5, 0.6) is 0 Å². The van der Waals surface area contributed by atoms with Crippen LogP contribution in [-0.2, 0) is 9.59 Å². The average Bonchev–Trinajstić information content (AvgIpc) is 2.06. The monoisotopic (exact) mass is 180 g/mol. The van der Waals surface area contributed by atoms with Crippen LogP contribution in [0.4, 0.5) is 0 Å². The minimum Gasteiger partial charge on any atom is -0.299 e. The van der Waals surface area contributed by atoms with Crippen LogP contribution >= 0.6 is 0 Å². The molecule has 2 bridgehead atoms. The Morgan fingerprint density at radius 2 is 1.69 bits per heavy atom. The normalized spacial score (nSPS) is 45.1. The van der Waals surface area contributed by atoms with Crippen LogP contribution in [0.2, 0.25) is 0 Å². The summed E-state index contributed by atoms with van der Waals surface area (Å²) in [5, 5.41) is 0. The summed E-state index contributed by atoms with van der Waals surface area (Å²) < 4.78 is 0. The summed E-state index contributed by atoms with van der Waals surface area (Å²) in [5.41, 5.74) is 0. The Hall–Kier alpha value is -0.660. The lowest BCUT2D eigenvalue weighted by Gasteiger charge is -2.38. The Bertz CT molecular complexity index is 249. The molecule has 0 amide bonds. The minimum atomic E-state index is -0.238. The summed E-state index contributed by atoms with van der Waals surface area (Å²) in [6, 6.07) is 0. The van der Waals surface area contributed by atoms with E-state index in [0.29, 0.717) is 5.92 Å². The maximum absolute atomic E-state index is 11.7. The molecule has 13 heavy (non-hydrogen) atoms. The third-order valence-electron chi connectivity index (χ3n) is 3.54. The van der Waals surface area contributed by atoms with Gasteiger partial charge in [0.15, 0.2) is 0 Å². The van der Waals surface area contributed by atoms with Crippen LogP contribution in [0.1, 0.15) is 33.1 Å². The van der Waals surface area contributed by atoms with E-state index in [-0.39, 0.29) is 29.3 Å². The first-order valence-corrected chi connectivity index (χ1v) is 5.17. The molecule has 72 valence electrons. The SMILES string of the molecule is C[C@@H]1C[C@H]2C[C@H](C)C(=O)[C@@H](C1)C2=O. The zero-order valence-corrected chi connectivity index (χ0v) is 8.25. The quantitative estimate of drug-likeness (QED) is 0.533. The second kappa shape index (κ2) is 2.93. The van der Waals surface area contributed by atoms with Crippen LogP contribution in [-0.4, -0.2) is 11.6 Å². The zero-order valence-electron chi connectivity index (χ0n) is 8.25. The molecule has 0 unspecified atom stereocenters. The van der Waals surface area contributed by atoms with Crippen molar-refractivity contribution in [1.82, 2.24) is 0 Å².